The van der Waals surface area contributed by atoms with Gasteiger partial charge in [-0.05, 0) is 19.3 Å². The highest BCUT2D eigenvalue weighted by atomic mass is 16.6. The van der Waals surface area contributed by atoms with Crippen LogP contribution in [0.25, 0.3) is 0 Å². The van der Waals surface area contributed by atoms with Crippen molar-refractivity contribution in [3.8, 4) is 0 Å². The van der Waals surface area contributed by atoms with E-state index in [1.807, 2.05) is 0 Å². The molecule has 0 fully saturated rings. The van der Waals surface area contributed by atoms with E-state index in [2.05, 4.69) is 13.8 Å². The highest BCUT2D eigenvalue weighted by Gasteiger charge is 2.02. The number of hydrogen-bond donors (Lipinski definition) is 0. The lowest BCUT2D eigenvalue weighted by Crippen LogP contribution is -2.12. The van der Waals surface area contributed by atoms with Gasteiger partial charge >= 0.3 is 5.97 Å². The first-order chi connectivity index (χ1) is 16.3. The van der Waals surface area contributed by atoms with Gasteiger partial charge in [-0.1, -0.05) is 84.5 Å². The van der Waals surface area contributed by atoms with Crippen LogP contribution < -0.4 is 0 Å². The molecule has 0 atom stereocenters. The minimum atomic E-state index is -0.114. The van der Waals surface area contributed by atoms with Gasteiger partial charge in [-0.3, -0.25) is 4.79 Å². The van der Waals surface area contributed by atoms with E-state index in [-0.39, 0.29) is 5.97 Å². The zero-order valence-electron chi connectivity index (χ0n) is 21.9. The minimum Gasteiger partial charge on any atom is -0.466 e. The van der Waals surface area contributed by atoms with Crippen LogP contribution in [0.5, 0.6) is 0 Å². The van der Waals surface area contributed by atoms with Crippen LogP contribution in [0, 0.1) is 0 Å². The summed E-state index contributed by atoms with van der Waals surface area (Å²) < 4.78 is 27.2. The van der Waals surface area contributed by atoms with Gasteiger partial charge in [-0.25, -0.2) is 0 Å². The summed E-state index contributed by atoms with van der Waals surface area (Å²) in [6.45, 7) is 9.84. The third kappa shape index (κ3) is 29.3. The fourth-order valence-electron chi connectivity index (χ4n) is 3.38. The summed E-state index contributed by atoms with van der Waals surface area (Å²) in [6.07, 6.45) is 17.5. The molecule has 6 nitrogen and oxygen atoms in total. The molecule has 0 saturated heterocycles. The number of carbonyl (C=O) groups excluding carboxylic acids is 1. The molecule has 0 radical (unpaired) electrons. The van der Waals surface area contributed by atoms with Crippen LogP contribution >= 0.6 is 0 Å². The fourth-order valence-corrected chi connectivity index (χ4v) is 3.38. The highest BCUT2D eigenvalue weighted by molar-refractivity contribution is 5.69. The van der Waals surface area contributed by atoms with Crippen molar-refractivity contribution in [3.63, 3.8) is 0 Å². The summed E-state index contributed by atoms with van der Waals surface area (Å²) in [5.41, 5.74) is 0. The van der Waals surface area contributed by atoms with E-state index in [0.717, 1.165) is 25.9 Å². The lowest BCUT2D eigenvalue weighted by atomic mass is 10.1. The van der Waals surface area contributed by atoms with Crippen LogP contribution in [0.1, 0.15) is 110 Å². The number of rotatable bonds is 28. The Kier molecular flexibility index (Phi) is 28.7. The van der Waals surface area contributed by atoms with Crippen LogP contribution in [0.4, 0.5) is 0 Å². The molecule has 0 aliphatic carbocycles. The second kappa shape index (κ2) is 29.3. The maximum Gasteiger partial charge on any atom is 0.305 e. The van der Waals surface area contributed by atoms with Crippen LogP contribution in [-0.4, -0.2) is 65.4 Å². The predicted molar refractivity (Wildman–Crippen MR) is 135 cm³/mol. The van der Waals surface area contributed by atoms with Crippen molar-refractivity contribution in [2.45, 2.75) is 110 Å². The normalized spacial score (nSPS) is 11.2. The summed E-state index contributed by atoms with van der Waals surface area (Å²) in [7, 11) is 0. The molecule has 0 unspecified atom stereocenters. The fraction of sp³-hybridized carbons (Fsp3) is 0.963. The van der Waals surface area contributed by atoms with Crippen molar-refractivity contribution >= 4 is 5.97 Å². The number of hydrogen-bond acceptors (Lipinski definition) is 6. The second-order valence-corrected chi connectivity index (χ2v) is 8.66. The first-order valence-corrected chi connectivity index (χ1v) is 13.8. The molecule has 0 aliphatic rings. The standard InChI is InChI=1S/C27H54O6/c1-3-5-7-8-9-10-11-12-13-15-20-33-27(28)17-16-19-30-22-24-32-26-25-31-23-21-29-18-14-6-4-2/h3-26H2,1-2H3. The molecule has 0 rings (SSSR count). The van der Waals surface area contributed by atoms with Crippen molar-refractivity contribution in [3.05, 3.63) is 0 Å². The van der Waals surface area contributed by atoms with Gasteiger partial charge in [0.25, 0.3) is 0 Å². The smallest absolute Gasteiger partial charge is 0.305 e. The van der Waals surface area contributed by atoms with Gasteiger partial charge in [-0.2, -0.15) is 0 Å². The number of carbonyl (C=O) groups is 1. The second-order valence-electron chi connectivity index (χ2n) is 8.66. The van der Waals surface area contributed by atoms with Crippen LogP contribution in [0.15, 0.2) is 0 Å². The van der Waals surface area contributed by atoms with Crippen LogP contribution in [0.3, 0.4) is 0 Å². The number of unbranched alkanes of at least 4 members (excludes halogenated alkanes) is 11. The molecule has 0 aliphatic heterocycles. The van der Waals surface area contributed by atoms with Gasteiger partial charge in [0, 0.05) is 19.6 Å². The first kappa shape index (κ1) is 32.3. The lowest BCUT2D eigenvalue weighted by Gasteiger charge is -2.08. The Bertz CT molecular complexity index is 378. The van der Waals surface area contributed by atoms with E-state index in [0.29, 0.717) is 65.7 Å². The molecule has 0 aromatic rings. The molecule has 0 aromatic heterocycles. The Morgan fingerprint density at radius 3 is 1.30 bits per heavy atom. The SMILES string of the molecule is CCCCCCCCCCCCOC(=O)CCCOCCOCCOCCOCCCCC. The van der Waals surface area contributed by atoms with Gasteiger partial charge < -0.3 is 23.7 Å². The molecule has 0 aromatic carbocycles. The summed E-state index contributed by atoms with van der Waals surface area (Å²) >= 11 is 0. The van der Waals surface area contributed by atoms with Crippen LogP contribution in [0.2, 0.25) is 0 Å². The molecule has 0 amide bonds. The highest BCUT2D eigenvalue weighted by Crippen LogP contribution is 2.10. The molecule has 0 spiro atoms. The van der Waals surface area contributed by atoms with Crippen molar-refractivity contribution in [2.75, 3.05) is 59.5 Å². The van der Waals surface area contributed by atoms with Gasteiger partial charge in [0.2, 0.25) is 0 Å². The van der Waals surface area contributed by atoms with E-state index >= 15 is 0 Å². The minimum absolute atomic E-state index is 0.114. The van der Waals surface area contributed by atoms with Gasteiger partial charge in [0.05, 0.1) is 46.2 Å². The van der Waals surface area contributed by atoms with Crippen LogP contribution in [-0.2, 0) is 28.5 Å². The Morgan fingerprint density at radius 1 is 0.424 bits per heavy atom. The summed E-state index contributed by atoms with van der Waals surface area (Å²) in [4.78, 5) is 11.7. The summed E-state index contributed by atoms with van der Waals surface area (Å²) in [5, 5.41) is 0. The van der Waals surface area contributed by atoms with E-state index < -0.39 is 0 Å². The molecular weight excluding hydrogens is 420 g/mol. The topological polar surface area (TPSA) is 63.2 Å². The van der Waals surface area contributed by atoms with Crippen molar-refractivity contribution < 1.29 is 28.5 Å². The molecule has 198 valence electrons. The lowest BCUT2D eigenvalue weighted by molar-refractivity contribution is -0.144. The van der Waals surface area contributed by atoms with E-state index in [4.69, 9.17) is 23.7 Å². The Balaban J connectivity index is 3.13. The van der Waals surface area contributed by atoms with Crippen molar-refractivity contribution in [1.82, 2.24) is 0 Å². The van der Waals surface area contributed by atoms with Gasteiger partial charge in [0.1, 0.15) is 0 Å². The van der Waals surface area contributed by atoms with E-state index in [9.17, 15) is 4.79 Å². The molecular formula is C27H54O6. The monoisotopic (exact) mass is 474 g/mol. The Labute approximate surface area is 204 Å². The maximum absolute atomic E-state index is 11.7. The molecule has 0 heterocycles. The zero-order chi connectivity index (χ0) is 24.1. The molecule has 6 heteroatoms. The molecule has 0 bridgehead atoms. The quantitative estimate of drug-likeness (QED) is 0.0954. The van der Waals surface area contributed by atoms with Crippen molar-refractivity contribution in [2.24, 2.45) is 0 Å². The average molecular weight is 475 g/mol. The number of esters is 1. The summed E-state index contributed by atoms with van der Waals surface area (Å²) in [6, 6.07) is 0. The van der Waals surface area contributed by atoms with Gasteiger partial charge in [0.15, 0.2) is 0 Å². The zero-order valence-corrected chi connectivity index (χ0v) is 21.9. The maximum atomic E-state index is 11.7. The van der Waals surface area contributed by atoms with Gasteiger partial charge in [-0.15, -0.1) is 0 Å². The third-order valence-electron chi connectivity index (χ3n) is 5.44. The largest absolute Gasteiger partial charge is 0.466 e. The molecule has 0 saturated carbocycles. The molecule has 0 N–H and O–H groups in total. The average Bonchev–Trinajstić information content (AvgIpc) is 2.82. The Morgan fingerprint density at radius 2 is 0.788 bits per heavy atom. The van der Waals surface area contributed by atoms with Crippen molar-refractivity contribution in [1.29, 1.82) is 0 Å². The number of ether oxygens (including phenoxy) is 5. The van der Waals surface area contributed by atoms with E-state index in [1.54, 1.807) is 0 Å². The van der Waals surface area contributed by atoms with E-state index in [1.165, 1.54) is 64.2 Å². The predicted octanol–water partition coefficient (Wildman–Crippen LogP) is 6.49. The summed E-state index contributed by atoms with van der Waals surface area (Å²) in [5.74, 6) is -0.114. The first-order valence-electron chi connectivity index (χ1n) is 13.8. The molecule has 33 heavy (non-hydrogen) atoms. The third-order valence-corrected chi connectivity index (χ3v) is 5.44. The Hall–Kier alpha value is -0.690.